The van der Waals surface area contributed by atoms with Gasteiger partial charge in [-0.15, -0.1) is 11.3 Å². The SMILES string of the molecule is NC(=O)[C@@H]1CN(C(=O)Nc2ccccc2-c2cccs2)CCO1. The summed E-state index contributed by atoms with van der Waals surface area (Å²) >= 11 is 1.61. The van der Waals surface area contributed by atoms with E-state index in [1.807, 2.05) is 41.8 Å². The molecule has 1 aromatic carbocycles. The second-order valence-electron chi connectivity index (χ2n) is 5.16. The van der Waals surface area contributed by atoms with E-state index in [1.165, 1.54) is 0 Å². The summed E-state index contributed by atoms with van der Waals surface area (Å²) in [5.41, 5.74) is 6.96. The van der Waals surface area contributed by atoms with Crippen molar-refractivity contribution >= 4 is 29.0 Å². The van der Waals surface area contributed by atoms with Gasteiger partial charge in [-0.1, -0.05) is 24.3 Å². The quantitative estimate of drug-likeness (QED) is 0.903. The molecule has 1 aliphatic heterocycles. The fourth-order valence-corrected chi connectivity index (χ4v) is 3.20. The Morgan fingerprint density at radius 3 is 2.83 bits per heavy atom. The Labute approximate surface area is 137 Å². The Kier molecular flexibility index (Phi) is 4.59. The normalized spacial score (nSPS) is 17.7. The van der Waals surface area contributed by atoms with Crippen LogP contribution < -0.4 is 11.1 Å². The number of hydrogen-bond acceptors (Lipinski definition) is 4. The molecule has 1 saturated heterocycles. The van der Waals surface area contributed by atoms with Crippen LogP contribution in [0, 0.1) is 0 Å². The number of thiophene rings is 1. The van der Waals surface area contributed by atoms with Crippen molar-refractivity contribution in [2.45, 2.75) is 6.10 Å². The molecule has 1 atom stereocenters. The van der Waals surface area contributed by atoms with Crippen LogP contribution in [0.1, 0.15) is 0 Å². The molecule has 0 unspecified atom stereocenters. The second-order valence-corrected chi connectivity index (χ2v) is 6.11. The number of carbonyl (C=O) groups is 2. The first-order valence-electron chi connectivity index (χ1n) is 7.25. The third-order valence-corrected chi connectivity index (χ3v) is 4.53. The molecule has 120 valence electrons. The number of urea groups is 1. The van der Waals surface area contributed by atoms with E-state index >= 15 is 0 Å². The third kappa shape index (κ3) is 3.52. The number of hydrogen-bond donors (Lipinski definition) is 2. The molecule has 7 heteroatoms. The predicted octanol–water partition coefficient (Wildman–Crippen LogP) is 2.13. The highest BCUT2D eigenvalue weighted by Crippen LogP contribution is 2.31. The third-order valence-electron chi connectivity index (χ3n) is 3.63. The zero-order valence-corrected chi connectivity index (χ0v) is 13.2. The maximum absolute atomic E-state index is 12.5. The first-order valence-corrected chi connectivity index (χ1v) is 8.13. The molecule has 0 spiro atoms. The van der Waals surface area contributed by atoms with Crippen LogP contribution in [0.5, 0.6) is 0 Å². The average molecular weight is 331 g/mol. The largest absolute Gasteiger partial charge is 0.367 e. The van der Waals surface area contributed by atoms with Crippen LogP contribution in [0.25, 0.3) is 10.4 Å². The van der Waals surface area contributed by atoms with Gasteiger partial charge in [0.05, 0.1) is 18.8 Å². The predicted molar refractivity (Wildman–Crippen MR) is 89.3 cm³/mol. The van der Waals surface area contributed by atoms with E-state index in [0.717, 1.165) is 16.1 Å². The lowest BCUT2D eigenvalue weighted by Gasteiger charge is -2.31. The number of rotatable bonds is 3. The summed E-state index contributed by atoms with van der Waals surface area (Å²) in [5.74, 6) is -0.554. The highest BCUT2D eigenvalue weighted by molar-refractivity contribution is 7.13. The molecule has 1 aromatic heterocycles. The van der Waals surface area contributed by atoms with E-state index in [4.69, 9.17) is 10.5 Å². The van der Waals surface area contributed by atoms with Crippen molar-refractivity contribution < 1.29 is 14.3 Å². The molecule has 3 amide bonds. The van der Waals surface area contributed by atoms with Crippen molar-refractivity contribution in [3.05, 3.63) is 41.8 Å². The molecule has 6 nitrogen and oxygen atoms in total. The van der Waals surface area contributed by atoms with Gasteiger partial charge >= 0.3 is 6.03 Å². The van der Waals surface area contributed by atoms with Crippen LogP contribution in [0.3, 0.4) is 0 Å². The summed E-state index contributed by atoms with van der Waals surface area (Å²) < 4.78 is 5.26. The minimum Gasteiger partial charge on any atom is -0.367 e. The number of benzene rings is 1. The number of primary amides is 1. The van der Waals surface area contributed by atoms with E-state index in [9.17, 15) is 9.59 Å². The van der Waals surface area contributed by atoms with Crippen LogP contribution in [0.2, 0.25) is 0 Å². The second kappa shape index (κ2) is 6.80. The lowest BCUT2D eigenvalue weighted by Crippen LogP contribution is -2.51. The summed E-state index contributed by atoms with van der Waals surface area (Å²) in [4.78, 5) is 26.3. The van der Waals surface area contributed by atoms with Crippen molar-refractivity contribution in [1.82, 2.24) is 4.90 Å². The molecule has 0 bridgehead atoms. The van der Waals surface area contributed by atoms with Gasteiger partial charge in [-0.3, -0.25) is 4.79 Å². The van der Waals surface area contributed by atoms with Crippen molar-refractivity contribution in [3.63, 3.8) is 0 Å². The molecule has 1 aliphatic rings. The molecule has 3 N–H and O–H groups in total. The first kappa shape index (κ1) is 15.5. The molecule has 1 fully saturated rings. The monoisotopic (exact) mass is 331 g/mol. The maximum atomic E-state index is 12.5. The van der Waals surface area contributed by atoms with Gasteiger partial charge in [0.25, 0.3) is 0 Å². The number of morpholine rings is 1. The lowest BCUT2D eigenvalue weighted by atomic mass is 10.1. The van der Waals surface area contributed by atoms with Crippen molar-refractivity contribution in [2.24, 2.45) is 5.73 Å². The average Bonchev–Trinajstić information content (AvgIpc) is 3.09. The number of nitrogens with one attached hydrogen (secondary N) is 1. The van der Waals surface area contributed by atoms with Gasteiger partial charge in [-0.2, -0.15) is 0 Å². The summed E-state index contributed by atoms with van der Waals surface area (Å²) in [6.07, 6.45) is -0.748. The van der Waals surface area contributed by atoms with E-state index in [2.05, 4.69) is 5.32 Å². The number of carbonyl (C=O) groups excluding carboxylic acids is 2. The minimum atomic E-state index is -0.748. The Morgan fingerprint density at radius 2 is 2.09 bits per heavy atom. The van der Waals surface area contributed by atoms with E-state index in [0.29, 0.717) is 13.2 Å². The van der Waals surface area contributed by atoms with E-state index in [1.54, 1.807) is 16.2 Å². The standard InChI is InChI=1S/C16H17N3O3S/c17-15(20)13-10-19(7-8-22-13)16(21)18-12-5-2-1-4-11(12)14-6-3-9-23-14/h1-6,9,13H,7-8,10H2,(H2,17,20)(H,18,21)/t13-/m0/s1. The van der Waals surface area contributed by atoms with E-state index in [-0.39, 0.29) is 12.6 Å². The van der Waals surface area contributed by atoms with Crippen LogP contribution in [0.4, 0.5) is 10.5 Å². The van der Waals surface area contributed by atoms with Gasteiger partial charge in [-0.05, 0) is 17.5 Å². The summed E-state index contributed by atoms with van der Waals surface area (Å²) in [6, 6.07) is 11.3. The highest BCUT2D eigenvalue weighted by Gasteiger charge is 2.28. The number of para-hydroxylation sites is 1. The van der Waals surface area contributed by atoms with E-state index < -0.39 is 12.0 Å². The molecule has 0 saturated carbocycles. The first-order chi connectivity index (χ1) is 11.1. The maximum Gasteiger partial charge on any atom is 0.322 e. The molecular weight excluding hydrogens is 314 g/mol. The molecule has 3 rings (SSSR count). The van der Waals surface area contributed by atoms with Crippen molar-refractivity contribution in [2.75, 3.05) is 25.0 Å². The minimum absolute atomic E-state index is 0.169. The Bertz CT molecular complexity index is 702. The van der Waals surface area contributed by atoms with Crippen LogP contribution in [-0.4, -0.2) is 42.6 Å². The van der Waals surface area contributed by atoms with Crippen molar-refractivity contribution in [1.29, 1.82) is 0 Å². The molecule has 23 heavy (non-hydrogen) atoms. The van der Waals surface area contributed by atoms with Crippen LogP contribution in [-0.2, 0) is 9.53 Å². The smallest absolute Gasteiger partial charge is 0.322 e. The number of anilines is 1. The Hall–Kier alpha value is -2.38. The summed E-state index contributed by atoms with van der Waals surface area (Å²) in [5, 5.41) is 4.91. The topological polar surface area (TPSA) is 84.7 Å². The zero-order chi connectivity index (χ0) is 16.2. The fourth-order valence-electron chi connectivity index (χ4n) is 2.44. The lowest BCUT2D eigenvalue weighted by molar-refractivity contribution is -0.133. The number of ether oxygens (including phenoxy) is 1. The fraction of sp³-hybridized carbons (Fsp3) is 0.250. The number of amides is 3. The van der Waals surface area contributed by atoms with Gasteiger partial charge < -0.3 is 20.7 Å². The van der Waals surface area contributed by atoms with Crippen LogP contribution in [0.15, 0.2) is 41.8 Å². The highest BCUT2D eigenvalue weighted by atomic mass is 32.1. The molecule has 0 aliphatic carbocycles. The van der Waals surface area contributed by atoms with Gasteiger partial charge in [-0.25, -0.2) is 4.79 Å². The molecule has 2 aromatic rings. The molecule has 0 radical (unpaired) electrons. The molecular formula is C16H17N3O3S. The Balaban J connectivity index is 1.75. The van der Waals surface area contributed by atoms with Crippen LogP contribution >= 0.6 is 11.3 Å². The van der Waals surface area contributed by atoms with Crippen molar-refractivity contribution in [3.8, 4) is 10.4 Å². The van der Waals surface area contributed by atoms with Gasteiger partial charge in [0, 0.05) is 17.0 Å². The molecule has 2 heterocycles. The zero-order valence-electron chi connectivity index (χ0n) is 12.4. The summed E-state index contributed by atoms with van der Waals surface area (Å²) in [6.45, 7) is 0.896. The van der Waals surface area contributed by atoms with Gasteiger partial charge in [0.15, 0.2) is 6.10 Å². The Morgan fingerprint density at radius 1 is 1.26 bits per heavy atom. The summed E-state index contributed by atoms with van der Waals surface area (Å²) in [7, 11) is 0. The van der Waals surface area contributed by atoms with Gasteiger partial charge in [0.1, 0.15) is 0 Å². The number of nitrogens with two attached hydrogens (primary N) is 1. The number of nitrogens with zero attached hydrogens (tertiary/aromatic N) is 1. The van der Waals surface area contributed by atoms with Gasteiger partial charge in [0.2, 0.25) is 5.91 Å².